The summed E-state index contributed by atoms with van der Waals surface area (Å²) in [6, 6.07) is 4.19. The van der Waals surface area contributed by atoms with E-state index in [1.807, 2.05) is 0 Å². The van der Waals surface area contributed by atoms with Gasteiger partial charge >= 0.3 is 0 Å². The molecule has 3 heterocycles. The van der Waals surface area contributed by atoms with Gasteiger partial charge in [-0.1, -0.05) is 0 Å². The third kappa shape index (κ3) is 1.85. The number of nitrogens with zero attached hydrogens (tertiary/aromatic N) is 3. The van der Waals surface area contributed by atoms with E-state index in [-0.39, 0.29) is 0 Å². The highest BCUT2D eigenvalue weighted by Gasteiger charge is 2.17. The van der Waals surface area contributed by atoms with Crippen LogP contribution in [-0.4, -0.2) is 41.3 Å². The zero-order valence-electron chi connectivity index (χ0n) is 10.9. The molecule has 4 rings (SSSR count). The second-order valence-electron chi connectivity index (χ2n) is 4.73. The molecule has 1 N–H and O–H groups in total. The van der Waals surface area contributed by atoms with Crippen molar-refractivity contribution in [3.8, 4) is 11.5 Å². The number of aromatic amines is 1. The molecule has 2 aromatic heterocycles. The van der Waals surface area contributed by atoms with Crippen LogP contribution in [0, 0.1) is 0 Å². The molecule has 1 saturated heterocycles. The van der Waals surface area contributed by atoms with Crippen LogP contribution >= 0.6 is 0 Å². The quantitative estimate of drug-likeness (QED) is 0.772. The monoisotopic (exact) mass is 270 g/mol. The SMILES string of the molecule is c1coc(-c2cc(N3CCOCC3)cc3[nH]cnc23)n1. The van der Waals surface area contributed by atoms with Crippen molar-refractivity contribution in [1.29, 1.82) is 0 Å². The molecular formula is C14H14N4O2. The van der Waals surface area contributed by atoms with E-state index in [4.69, 9.17) is 9.15 Å². The number of aromatic nitrogens is 3. The van der Waals surface area contributed by atoms with Crippen molar-refractivity contribution in [2.45, 2.75) is 0 Å². The van der Waals surface area contributed by atoms with Gasteiger partial charge in [-0.2, -0.15) is 0 Å². The summed E-state index contributed by atoms with van der Waals surface area (Å²) in [5.74, 6) is 0.595. The number of hydrogen-bond acceptors (Lipinski definition) is 5. The first-order chi connectivity index (χ1) is 9.92. The minimum absolute atomic E-state index is 0.595. The van der Waals surface area contributed by atoms with Crippen LogP contribution < -0.4 is 4.90 Å². The molecule has 1 fully saturated rings. The number of rotatable bonds is 2. The summed E-state index contributed by atoms with van der Waals surface area (Å²) in [5.41, 5.74) is 3.92. The molecule has 0 aliphatic carbocycles. The molecule has 0 bridgehead atoms. The molecule has 3 aromatic rings. The summed E-state index contributed by atoms with van der Waals surface area (Å²) < 4.78 is 10.8. The van der Waals surface area contributed by atoms with E-state index >= 15 is 0 Å². The molecule has 0 saturated carbocycles. The van der Waals surface area contributed by atoms with Crippen molar-refractivity contribution < 1.29 is 9.15 Å². The number of imidazole rings is 1. The second-order valence-corrected chi connectivity index (χ2v) is 4.73. The number of hydrogen-bond donors (Lipinski definition) is 1. The van der Waals surface area contributed by atoms with Crippen molar-refractivity contribution in [3.63, 3.8) is 0 Å². The lowest BCUT2D eigenvalue weighted by molar-refractivity contribution is 0.122. The lowest BCUT2D eigenvalue weighted by Crippen LogP contribution is -2.36. The van der Waals surface area contributed by atoms with Crippen molar-refractivity contribution in [3.05, 3.63) is 30.9 Å². The van der Waals surface area contributed by atoms with Gasteiger partial charge < -0.3 is 19.0 Å². The van der Waals surface area contributed by atoms with Crippen LogP contribution in [0.15, 0.2) is 35.3 Å². The molecule has 1 aliphatic heterocycles. The fraction of sp³-hybridized carbons (Fsp3) is 0.286. The van der Waals surface area contributed by atoms with Gasteiger partial charge in [0.2, 0.25) is 5.89 Å². The van der Waals surface area contributed by atoms with Crippen molar-refractivity contribution >= 4 is 16.7 Å². The van der Waals surface area contributed by atoms with E-state index in [2.05, 4.69) is 32.0 Å². The van der Waals surface area contributed by atoms with Crippen molar-refractivity contribution in [2.24, 2.45) is 0 Å². The molecule has 0 spiro atoms. The van der Waals surface area contributed by atoms with Gasteiger partial charge in [-0.25, -0.2) is 9.97 Å². The standard InChI is InChI=1S/C14H14N4O2/c1-4-20-14(15-1)11-7-10(18-2-5-19-6-3-18)8-12-13(11)17-9-16-12/h1,4,7-9H,2-3,5-6H2,(H,16,17). The van der Waals surface area contributed by atoms with E-state index in [1.54, 1.807) is 18.8 Å². The number of oxazole rings is 1. The summed E-state index contributed by atoms with van der Waals surface area (Å²) in [7, 11) is 0. The number of morpholine rings is 1. The highest BCUT2D eigenvalue weighted by Crippen LogP contribution is 2.31. The topological polar surface area (TPSA) is 67.2 Å². The van der Waals surface area contributed by atoms with E-state index in [0.717, 1.165) is 48.6 Å². The average molecular weight is 270 g/mol. The first kappa shape index (κ1) is 11.5. The van der Waals surface area contributed by atoms with Crippen LogP contribution in [0.4, 0.5) is 5.69 Å². The molecule has 6 heteroatoms. The lowest BCUT2D eigenvalue weighted by Gasteiger charge is -2.29. The lowest BCUT2D eigenvalue weighted by atomic mass is 10.1. The van der Waals surface area contributed by atoms with E-state index in [9.17, 15) is 0 Å². The van der Waals surface area contributed by atoms with E-state index in [1.165, 1.54) is 0 Å². The summed E-state index contributed by atoms with van der Waals surface area (Å²) in [4.78, 5) is 14.1. The Hall–Kier alpha value is -2.34. The Balaban J connectivity index is 1.86. The van der Waals surface area contributed by atoms with Crippen LogP contribution in [0.1, 0.15) is 0 Å². The van der Waals surface area contributed by atoms with Crippen molar-refractivity contribution in [1.82, 2.24) is 15.0 Å². The third-order valence-corrected chi connectivity index (χ3v) is 3.55. The molecule has 20 heavy (non-hydrogen) atoms. The predicted molar refractivity (Wildman–Crippen MR) is 74.6 cm³/mol. The normalized spacial score (nSPS) is 15.9. The summed E-state index contributed by atoms with van der Waals surface area (Å²) >= 11 is 0. The molecule has 102 valence electrons. The molecule has 6 nitrogen and oxygen atoms in total. The second kappa shape index (κ2) is 4.64. The van der Waals surface area contributed by atoms with Gasteiger partial charge in [0.1, 0.15) is 11.8 Å². The van der Waals surface area contributed by atoms with Crippen LogP contribution in [0.5, 0.6) is 0 Å². The fourth-order valence-electron chi connectivity index (χ4n) is 2.56. The maximum atomic E-state index is 5.43. The maximum absolute atomic E-state index is 5.43. The Morgan fingerprint density at radius 3 is 2.85 bits per heavy atom. The van der Waals surface area contributed by atoms with Gasteiger partial charge in [0.25, 0.3) is 0 Å². The molecule has 0 atom stereocenters. The first-order valence-electron chi connectivity index (χ1n) is 6.61. The highest BCUT2D eigenvalue weighted by atomic mass is 16.5. The third-order valence-electron chi connectivity index (χ3n) is 3.55. The number of fused-ring (bicyclic) bond motifs is 1. The summed E-state index contributed by atoms with van der Waals surface area (Å²) in [6.45, 7) is 3.31. The highest BCUT2D eigenvalue weighted by molar-refractivity contribution is 5.92. The Kier molecular flexibility index (Phi) is 2.67. The van der Waals surface area contributed by atoms with Crippen molar-refractivity contribution in [2.75, 3.05) is 31.2 Å². The first-order valence-corrected chi connectivity index (χ1v) is 6.61. The zero-order valence-corrected chi connectivity index (χ0v) is 10.9. The fourth-order valence-corrected chi connectivity index (χ4v) is 2.56. The smallest absolute Gasteiger partial charge is 0.228 e. The number of ether oxygens (including phenoxy) is 1. The minimum atomic E-state index is 0.595. The number of nitrogens with one attached hydrogen (secondary N) is 1. The van der Waals surface area contributed by atoms with E-state index < -0.39 is 0 Å². The van der Waals surface area contributed by atoms with Gasteiger partial charge in [0, 0.05) is 18.8 Å². The minimum Gasteiger partial charge on any atom is -0.444 e. The number of H-pyrrole nitrogens is 1. The van der Waals surface area contributed by atoms with Gasteiger partial charge in [0.05, 0.1) is 36.8 Å². The Morgan fingerprint density at radius 1 is 1.15 bits per heavy atom. The van der Waals surface area contributed by atoms with Crippen LogP contribution in [0.25, 0.3) is 22.5 Å². The maximum Gasteiger partial charge on any atom is 0.228 e. The molecule has 1 aromatic carbocycles. The molecule has 0 amide bonds. The van der Waals surface area contributed by atoms with Gasteiger partial charge in [-0.05, 0) is 12.1 Å². The van der Waals surface area contributed by atoms with Crippen LogP contribution in [-0.2, 0) is 4.74 Å². The predicted octanol–water partition coefficient (Wildman–Crippen LogP) is 2.05. The number of anilines is 1. The van der Waals surface area contributed by atoms with Gasteiger partial charge in [-0.15, -0.1) is 0 Å². The van der Waals surface area contributed by atoms with Gasteiger partial charge in [-0.3, -0.25) is 0 Å². The summed E-state index contributed by atoms with van der Waals surface area (Å²) in [5, 5.41) is 0. The van der Waals surface area contributed by atoms with Crippen LogP contribution in [0.2, 0.25) is 0 Å². The molecule has 0 unspecified atom stereocenters. The largest absolute Gasteiger partial charge is 0.444 e. The zero-order chi connectivity index (χ0) is 13.4. The molecule has 0 radical (unpaired) electrons. The average Bonchev–Trinajstić information content (AvgIpc) is 3.18. The van der Waals surface area contributed by atoms with E-state index in [0.29, 0.717) is 5.89 Å². The molecular weight excluding hydrogens is 256 g/mol. The Labute approximate surface area is 115 Å². The van der Waals surface area contributed by atoms with Gasteiger partial charge in [0.15, 0.2) is 0 Å². The summed E-state index contributed by atoms with van der Waals surface area (Å²) in [6.07, 6.45) is 4.92. The van der Waals surface area contributed by atoms with Crippen LogP contribution in [0.3, 0.4) is 0 Å². The Morgan fingerprint density at radius 2 is 2.05 bits per heavy atom. The number of benzene rings is 1. The Bertz CT molecular complexity index is 714. The molecule has 1 aliphatic rings.